The summed E-state index contributed by atoms with van der Waals surface area (Å²) in [5.74, 6) is 0.167. The second kappa shape index (κ2) is 6.83. The molecule has 2 aromatic rings. The number of halogens is 1. The van der Waals surface area contributed by atoms with Crippen LogP contribution in [0.3, 0.4) is 0 Å². The Hall–Kier alpha value is -2.43. The number of carbonyl (C=O) groups is 1. The van der Waals surface area contributed by atoms with Gasteiger partial charge in [0.1, 0.15) is 11.6 Å². The Morgan fingerprint density at radius 1 is 1.29 bits per heavy atom. The number of benzene rings is 1. The molecule has 0 radical (unpaired) electrons. The Kier molecular flexibility index (Phi) is 4.87. The summed E-state index contributed by atoms with van der Waals surface area (Å²) in [7, 11) is 0. The Balaban J connectivity index is 2.23. The maximum atomic E-state index is 13.3. The first-order valence-electron chi connectivity index (χ1n) is 6.93. The second-order valence-corrected chi connectivity index (χ2v) is 4.49. The van der Waals surface area contributed by atoms with Crippen LogP contribution in [0.5, 0.6) is 0 Å². The lowest BCUT2D eigenvalue weighted by molar-refractivity contribution is 0.0988. The van der Waals surface area contributed by atoms with Gasteiger partial charge in [0.2, 0.25) is 0 Å². The van der Waals surface area contributed by atoms with E-state index < -0.39 is 0 Å². The van der Waals surface area contributed by atoms with Crippen molar-refractivity contribution in [3.05, 3.63) is 54.0 Å². The molecule has 0 aliphatic rings. The van der Waals surface area contributed by atoms with Gasteiger partial charge in [0, 0.05) is 25.0 Å². The van der Waals surface area contributed by atoms with Crippen LogP contribution in [-0.2, 0) is 0 Å². The Morgan fingerprint density at radius 2 is 2.10 bits per heavy atom. The van der Waals surface area contributed by atoms with Gasteiger partial charge in [-0.15, -0.1) is 0 Å². The molecule has 0 spiro atoms. The highest BCUT2D eigenvalue weighted by molar-refractivity contribution is 6.05. The standard InChI is InChI=1S/C16H18FN3O/c1-3-18-15-9-8-12(11-19-15)16(21)20(4-2)14-7-5-6-13(17)10-14/h5-11H,3-4H2,1-2H3,(H,18,19). The average molecular weight is 287 g/mol. The van der Waals surface area contributed by atoms with Crippen LogP contribution in [0.25, 0.3) is 0 Å². The molecule has 21 heavy (non-hydrogen) atoms. The molecule has 0 fully saturated rings. The van der Waals surface area contributed by atoms with Gasteiger partial charge in [0.25, 0.3) is 5.91 Å². The molecule has 5 heteroatoms. The number of hydrogen-bond acceptors (Lipinski definition) is 3. The molecule has 110 valence electrons. The molecule has 0 saturated heterocycles. The molecule has 1 aromatic heterocycles. The van der Waals surface area contributed by atoms with Crippen molar-refractivity contribution in [2.75, 3.05) is 23.3 Å². The fraction of sp³-hybridized carbons (Fsp3) is 0.250. The van der Waals surface area contributed by atoms with Crippen LogP contribution >= 0.6 is 0 Å². The predicted molar refractivity (Wildman–Crippen MR) is 82.2 cm³/mol. The molecule has 1 N–H and O–H groups in total. The second-order valence-electron chi connectivity index (χ2n) is 4.49. The van der Waals surface area contributed by atoms with Crippen LogP contribution in [0, 0.1) is 5.82 Å². The number of anilines is 2. The molecule has 0 saturated carbocycles. The monoisotopic (exact) mass is 287 g/mol. The number of nitrogens with zero attached hydrogens (tertiary/aromatic N) is 2. The molecule has 2 rings (SSSR count). The summed E-state index contributed by atoms with van der Waals surface area (Å²) < 4.78 is 13.3. The van der Waals surface area contributed by atoms with E-state index >= 15 is 0 Å². The normalized spacial score (nSPS) is 10.2. The number of pyridine rings is 1. The van der Waals surface area contributed by atoms with Crippen molar-refractivity contribution in [1.82, 2.24) is 4.98 Å². The summed E-state index contributed by atoms with van der Waals surface area (Å²) in [4.78, 5) is 18.2. The van der Waals surface area contributed by atoms with Gasteiger partial charge in [-0.2, -0.15) is 0 Å². The van der Waals surface area contributed by atoms with Gasteiger partial charge in [0.05, 0.1) is 5.56 Å². The molecular formula is C16H18FN3O. The van der Waals surface area contributed by atoms with Gasteiger partial charge in [-0.25, -0.2) is 9.37 Å². The van der Waals surface area contributed by atoms with E-state index in [1.165, 1.54) is 23.2 Å². The number of nitrogens with one attached hydrogen (secondary N) is 1. The van der Waals surface area contributed by atoms with E-state index in [4.69, 9.17) is 0 Å². The molecule has 0 unspecified atom stereocenters. The third kappa shape index (κ3) is 3.56. The Morgan fingerprint density at radius 3 is 2.67 bits per heavy atom. The van der Waals surface area contributed by atoms with Crippen LogP contribution in [0.1, 0.15) is 24.2 Å². The maximum absolute atomic E-state index is 13.3. The topological polar surface area (TPSA) is 45.2 Å². The van der Waals surface area contributed by atoms with Crippen molar-refractivity contribution in [2.24, 2.45) is 0 Å². The van der Waals surface area contributed by atoms with E-state index in [0.717, 1.165) is 12.4 Å². The van der Waals surface area contributed by atoms with Gasteiger partial charge in [-0.05, 0) is 44.2 Å². The summed E-state index contributed by atoms with van der Waals surface area (Å²) in [5.41, 5.74) is 1.01. The summed E-state index contributed by atoms with van der Waals surface area (Å²) in [6.07, 6.45) is 1.53. The highest BCUT2D eigenvalue weighted by Gasteiger charge is 2.16. The zero-order valence-corrected chi connectivity index (χ0v) is 12.1. The first-order chi connectivity index (χ1) is 10.2. The highest BCUT2D eigenvalue weighted by Crippen LogP contribution is 2.18. The molecule has 4 nitrogen and oxygen atoms in total. The lowest BCUT2D eigenvalue weighted by atomic mass is 10.2. The number of rotatable bonds is 5. The molecule has 0 bridgehead atoms. The third-order valence-corrected chi connectivity index (χ3v) is 3.05. The van der Waals surface area contributed by atoms with Gasteiger partial charge >= 0.3 is 0 Å². The summed E-state index contributed by atoms with van der Waals surface area (Å²) >= 11 is 0. The van der Waals surface area contributed by atoms with Gasteiger partial charge in [-0.1, -0.05) is 6.07 Å². The average Bonchev–Trinajstić information content (AvgIpc) is 2.49. The zero-order valence-electron chi connectivity index (χ0n) is 12.1. The fourth-order valence-corrected chi connectivity index (χ4v) is 2.05. The van der Waals surface area contributed by atoms with Crippen molar-refractivity contribution < 1.29 is 9.18 Å². The Labute approximate surface area is 123 Å². The summed E-state index contributed by atoms with van der Waals surface area (Å²) in [5, 5.41) is 3.07. The lowest BCUT2D eigenvalue weighted by Crippen LogP contribution is -2.30. The largest absolute Gasteiger partial charge is 0.370 e. The highest BCUT2D eigenvalue weighted by atomic mass is 19.1. The third-order valence-electron chi connectivity index (χ3n) is 3.05. The molecule has 1 heterocycles. The van der Waals surface area contributed by atoms with Gasteiger partial charge in [-0.3, -0.25) is 4.79 Å². The quantitative estimate of drug-likeness (QED) is 0.917. The predicted octanol–water partition coefficient (Wildman–Crippen LogP) is 3.32. The summed E-state index contributed by atoms with van der Waals surface area (Å²) in [6, 6.07) is 9.49. The smallest absolute Gasteiger partial charge is 0.259 e. The van der Waals surface area contributed by atoms with E-state index in [2.05, 4.69) is 10.3 Å². The lowest BCUT2D eigenvalue weighted by Gasteiger charge is -2.21. The van der Waals surface area contributed by atoms with Crippen molar-refractivity contribution in [3.8, 4) is 0 Å². The van der Waals surface area contributed by atoms with E-state index in [0.29, 0.717) is 17.8 Å². The summed E-state index contributed by atoms with van der Waals surface area (Å²) in [6.45, 7) is 5.05. The van der Waals surface area contributed by atoms with Crippen molar-refractivity contribution >= 4 is 17.4 Å². The van der Waals surface area contributed by atoms with Gasteiger partial charge < -0.3 is 10.2 Å². The van der Waals surface area contributed by atoms with E-state index in [9.17, 15) is 9.18 Å². The minimum atomic E-state index is -0.362. The van der Waals surface area contributed by atoms with Crippen LogP contribution in [0.2, 0.25) is 0 Å². The fourth-order valence-electron chi connectivity index (χ4n) is 2.05. The van der Waals surface area contributed by atoms with E-state index in [1.54, 1.807) is 24.3 Å². The number of amides is 1. The van der Waals surface area contributed by atoms with Crippen LogP contribution < -0.4 is 10.2 Å². The van der Waals surface area contributed by atoms with E-state index in [1.807, 2.05) is 13.8 Å². The molecule has 1 amide bonds. The zero-order chi connectivity index (χ0) is 15.2. The first kappa shape index (κ1) is 15.0. The minimum Gasteiger partial charge on any atom is -0.370 e. The minimum absolute atomic E-state index is 0.196. The maximum Gasteiger partial charge on any atom is 0.259 e. The molecule has 1 aromatic carbocycles. The number of hydrogen-bond donors (Lipinski definition) is 1. The number of aromatic nitrogens is 1. The van der Waals surface area contributed by atoms with Crippen molar-refractivity contribution in [2.45, 2.75) is 13.8 Å². The van der Waals surface area contributed by atoms with Gasteiger partial charge in [0.15, 0.2) is 0 Å². The Bertz CT molecular complexity index is 613. The van der Waals surface area contributed by atoms with Crippen LogP contribution in [-0.4, -0.2) is 24.0 Å². The number of carbonyl (C=O) groups excluding carboxylic acids is 1. The van der Waals surface area contributed by atoms with Crippen molar-refractivity contribution in [1.29, 1.82) is 0 Å². The molecule has 0 atom stereocenters. The molecule has 0 aliphatic carbocycles. The molecule has 0 aliphatic heterocycles. The first-order valence-corrected chi connectivity index (χ1v) is 6.93. The van der Waals surface area contributed by atoms with Crippen molar-refractivity contribution in [3.63, 3.8) is 0 Å². The van der Waals surface area contributed by atoms with Crippen LogP contribution in [0.4, 0.5) is 15.9 Å². The van der Waals surface area contributed by atoms with Crippen LogP contribution in [0.15, 0.2) is 42.6 Å². The van der Waals surface area contributed by atoms with E-state index in [-0.39, 0.29) is 11.7 Å². The SMILES string of the molecule is CCNc1ccc(C(=O)N(CC)c2cccc(F)c2)cn1. The molecular weight excluding hydrogens is 269 g/mol.